The number of nitro groups is 2. The average Bonchev–Trinajstić information content (AvgIpc) is 2.54. The molecule has 0 radical (unpaired) electrons. The molecule has 2 rings (SSSR count). The molecular formula is C14H14N2O7S. The molecule has 0 aliphatic rings. The van der Waals surface area contributed by atoms with E-state index in [0.717, 1.165) is 17.9 Å². The van der Waals surface area contributed by atoms with Crippen molar-refractivity contribution in [2.45, 2.75) is 6.61 Å². The monoisotopic (exact) mass is 354 g/mol. The maximum Gasteiger partial charge on any atom is 0.276 e. The molecule has 2 aromatic carbocycles. The van der Waals surface area contributed by atoms with Crippen LogP contribution in [-0.4, -0.2) is 24.5 Å². The van der Waals surface area contributed by atoms with Crippen LogP contribution < -0.4 is 0 Å². The number of hydrogen-bond acceptors (Lipinski definition) is 7. The van der Waals surface area contributed by atoms with Crippen LogP contribution in [0.15, 0.2) is 54.6 Å². The average molecular weight is 354 g/mol. The second kappa shape index (κ2) is 8.70. The van der Waals surface area contributed by atoms with Crippen molar-refractivity contribution in [2.75, 3.05) is 6.26 Å². The first kappa shape index (κ1) is 19.2. The molecule has 0 N–H and O–H groups in total. The fraction of sp³-hybridized carbons (Fsp3) is 0.143. The van der Waals surface area contributed by atoms with Gasteiger partial charge in [-0.3, -0.25) is 24.4 Å². The van der Waals surface area contributed by atoms with Gasteiger partial charge in [0.25, 0.3) is 21.5 Å². The summed E-state index contributed by atoms with van der Waals surface area (Å²) >= 11 is 0. The molecule has 0 atom stereocenters. The Hall–Kier alpha value is -2.85. The summed E-state index contributed by atoms with van der Waals surface area (Å²) in [6.45, 7) is 0.111. The van der Waals surface area contributed by atoms with Gasteiger partial charge in [0.15, 0.2) is 0 Å². The number of nitro benzene ring substituents is 2. The van der Waals surface area contributed by atoms with E-state index in [4.69, 9.17) is 0 Å². The van der Waals surface area contributed by atoms with Crippen molar-refractivity contribution >= 4 is 21.5 Å². The van der Waals surface area contributed by atoms with Crippen molar-refractivity contribution in [3.05, 3.63) is 80.4 Å². The lowest BCUT2D eigenvalue weighted by molar-refractivity contribution is -0.394. The van der Waals surface area contributed by atoms with E-state index in [0.29, 0.717) is 0 Å². The van der Waals surface area contributed by atoms with Gasteiger partial charge in [0.1, 0.15) is 0 Å². The Morgan fingerprint density at radius 3 is 1.83 bits per heavy atom. The lowest BCUT2D eigenvalue weighted by atomic mass is 10.2. The summed E-state index contributed by atoms with van der Waals surface area (Å²) in [5, 5.41) is 20.3. The number of nitrogens with zero attached hydrogens (tertiary/aromatic N) is 2. The molecule has 0 fully saturated rings. The predicted octanol–water partition coefficient (Wildman–Crippen LogP) is 2.67. The molecule has 10 heteroatoms. The van der Waals surface area contributed by atoms with Gasteiger partial charge in [-0.15, -0.1) is 0 Å². The number of benzene rings is 2. The highest BCUT2D eigenvalue weighted by molar-refractivity contribution is 7.85. The highest BCUT2D eigenvalue weighted by Crippen LogP contribution is 2.18. The van der Waals surface area contributed by atoms with Gasteiger partial charge < -0.3 is 0 Å². The van der Waals surface area contributed by atoms with Crippen molar-refractivity contribution in [3.8, 4) is 0 Å². The van der Waals surface area contributed by atoms with E-state index in [1.54, 1.807) is 0 Å². The van der Waals surface area contributed by atoms with Crippen LogP contribution in [0.25, 0.3) is 0 Å². The Morgan fingerprint density at radius 1 is 0.917 bits per heavy atom. The first-order valence-corrected chi connectivity index (χ1v) is 8.28. The first-order valence-electron chi connectivity index (χ1n) is 6.46. The van der Waals surface area contributed by atoms with Crippen LogP contribution in [0.2, 0.25) is 0 Å². The van der Waals surface area contributed by atoms with Crippen LogP contribution in [0.1, 0.15) is 5.56 Å². The van der Waals surface area contributed by atoms with E-state index in [-0.39, 0.29) is 18.0 Å². The maximum absolute atomic E-state index is 10.6. The Morgan fingerprint density at radius 2 is 1.42 bits per heavy atom. The van der Waals surface area contributed by atoms with Gasteiger partial charge in [-0.1, -0.05) is 30.3 Å². The van der Waals surface area contributed by atoms with Gasteiger partial charge >= 0.3 is 0 Å². The molecule has 24 heavy (non-hydrogen) atoms. The molecule has 9 nitrogen and oxygen atoms in total. The van der Waals surface area contributed by atoms with Gasteiger partial charge in [0, 0.05) is 12.1 Å². The van der Waals surface area contributed by atoms with E-state index >= 15 is 0 Å². The zero-order valence-corrected chi connectivity index (χ0v) is 13.4. The molecule has 0 amide bonds. The Bertz CT molecular complexity index is 778. The van der Waals surface area contributed by atoms with Crippen molar-refractivity contribution in [2.24, 2.45) is 0 Å². The SMILES string of the molecule is CS(=O)(=O)OCc1ccccc1.O=[N+]([O-])c1cccc([N+](=O)[O-])c1. The van der Waals surface area contributed by atoms with E-state index in [9.17, 15) is 28.6 Å². The van der Waals surface area contributed by atoms with Crippen LogP contribution in [0.5, 0.6) is 0 Å². The van der Waals surface area contributed by atoms with Gasteiger partial charge in [-0.2, -0.15) is 8.42 Å². The first-order chi connectivity index (χ1) is 11.2. The largest absolute Gasteiger partial charge is 0.276 e. The van der Waals surface area contributed by atoms with Gasteiger partial charge in [-0.05, 0) is 11.6 Å². The summed E-state index contributed by atoms with van der Waals surface area (Å²) in [6, 6.07) is 13.7. The topological polar surface area (TPSA) is 130 Å². The fourth-order valence-corrected chi connectivity index (χ4v) is 1.82. The summed E-state index contributed by atoms with van der Waals surface area (Å²) in [7, 11) is -3.32. The van der Waals surface area contributed by atoms with E-state index < -0.39 is 20.0 Å². The lowest BCUT2D eigenvalue weighted by Gasteiger charge is -1.99. The molecular weight excluding hydrogens is 340 g/mol. The van der Waals surface area contributed by atoms with Crippen molar-refractivity contribution < 1.29 is 22.4 Å². The molecule has 0 aliphatic heterocycles. The van der Waals surface area contributed by atoms with E-state index in [1.807, 2.05) is 30.3 Å². The minimum absolute atomic E-state index is 0.111. The van der Waals surface area contributed by atoms with E-state index in [1.165, 1.54) is 18.2 Å². The molecule has 0 bridgehead atoms. The van der Waals surface area contributed by atoms with Crippen LogP contribution in [0.4, 0.5) is 11.4 Å². The molecule has 0 spiro atoms. The highest BCUT2D eigenvalue weighted by atomic mass is 32.2. The van der Waals surface area contributed by atoms with Gasteiger partial charge in [0.05, 0.1) is 28.8 Å². The third kappa shape index (κ3) is 7.42. The second-order valence-corrected chi connectivity index (χ2v) is 6.13. The van der Waals surface area contributed by atoms with Crippen LogP contribution in [0, 0.1) is 20.2 Å². The number of non-ortho nitro benzene ring substituents is 2. The van der Waals surface area contributed by atoms with Crippen LogP contribution in [-0.2, 0) is 20.9 Å². The zero-order chi connectivity index (χ0) is 18.2. The third-order valence-corrected chi connectivity index (χ3v) is 3.08. The summed E-state index contributed by atoms with van der Waals surface area (Å²) in [5.41, 5.74) is 0.302. The van der Waals surface area contributed by atoms with Gasteiger partial charge in [0.2, 0.25) is 0 Å². The molecule has 0 aromatic heterocycles. The zero-order valence-electron chi connectivity index (χ0n) is 12.6. The number of hydrogen-bond donors (Lipinski definition) is 0. The second-order valence-electron chi connectivity index (χ2n) is 4.49. The molecule has 0 aliphatic carbocycles. The summed E-state index contributed by atoms with van der Waals surface area (Å²) in [4.78, 5) is 19.0. The Kier molecular flexibility index (Phi) is 6.96. The van der Waals surface area contributed by atoms with Crippen molar-refractivity contribution in [3.63, 3.8) is 0 Å². The quantitative estimate of drug-likeness (QED) is 0.458. The molecule has 0 saturated heterocycles. The van der Waals surface area contributed by atoms with Crippen molar-refractivity contribution in [1.29, 1.82) is 0 Å². The summed E-state index contributed by atoms with van der Waals surface area (Å²) < 4.78 is 25.8. The smallest absolute Gasteiger partial charge is 0.265 e. The molecule has 0 heterocycles. The molecule has 0 unspecified atom stereocenters. The molecule has 2 aromatic rings. The van der Waals surface area contributed by atoms with Crippen LogP contribution in [0.3, 0.4) is 0 Å². The predicted molar refractivity (Wildman–Crippen MR) is 85.8 cm³/mol. The summed E-state index contributed by atoms with van der Waals surface area (Å²) in [5.74, 6) is 0. The fourth-order valence-electron chi connectivity index (χ4n) is 1.47. The summed E-state index contributed by atoms with van der Waals surface area (Å²) in [6.07, 6.45) is 1.04. The van der Waals surface area contributed by atoms with Crippen LogP contribution >= 0.6 is 0 Å². The third-order valence-electron chi connectivity index (χ3n) is 2.53. The molecule has 128 valence electrons. The normalized spacial score (nSPS) is 10.4. The minimum Gasteiger partial charge on any atom is -0.265 e. The highest BCUT2D eigenvalue weighted by Gasteiger charge is 2.11. The maximum atomic E-state index is 10.6. The number of rotatable bonds is 5. The van der Waals surface area contributed by atoms with E-state index in [2.05, 4.69) is 4.18 Å². The standard InChI is InChI=1S/C8H10O3S.C6H4N2O4/c1-12(9,10)11-7-8-5-3-2-4-6-8;9-7(10)5-2-1-3-6(4-5)8(11)12/h2-6H,7H2,1H3;1-4H. The van der Waals surface area contributed by atoms with Crippen molar-refractivity contribution in [1.82, 2.24) is 0 Å². The Balaban J connectivity index is 0.000000240. The molecule has 0 saturated carbocycles. The van der Waals surface area contributed by atoms with Gasteiger partial charge in [-0.25, -0.2) is 0 Å². The Labute approximate surface area is 137 Å². The minimum atomic E-state index is -3.32. The lowest BCUT2D eigenvalue weighted by Crippen LogP contribution is -2.02.